The van der Waals surface area contributed by atoms with Crippen molar-refractivity contribution in [1.29, 1.82) is 0 Å². The van der Waals surface area contributed by atoms with Crippen LogP contribution in [0.15, 0.2) is 11.4 Å². The van der Waals surface area contributed by atoms with Crippen LogP contribution in [0.3, 0.4) is 0 Å². The average Bonchev–Trinajstić information content (AvgIpc) is 2.67. The summed E-state index contributed by atoms with van der Waals surface area (Å²) in [6.07, 6.45) is 3.91. The lowest BCUT2D eigenvalue weighted by atomic mass is 10.1. The fourth-order valence-corrected chi connectivity index (χ4v) is 2.17. The Morgan fingerprint density at radius 1 is 1.50 bits per heavy atom. The number of carbonyl (C=O) groups excluding carboxylic acids is 1. The van der Waals surface area contributed by atoms with E-state index in [2.05, 4.69) is 10.2 Å². The zero-order valence-electron chi connectivity index (χ0n) is 7.47. The van der Waals surface area contributed by atoms with Gasteiger partial charge in [-0.05, 0) is 18.0 Å². The summed E-state index contributed by atoms with van der Waals surface area (Å²) in [5, 5.41) is 3.68. The van der Waals surface area contributed by atoms with Gasteiger partial charge in [-0.2, -0.15) is 0 Å². The third kappa shape index (κ3) is 1.65. The fraction of sp³-hybridized carbons (Fsp3) is 0.500. The fourth-order valence-electron chi connectivity index (χ4n) is 1.43. The molecule has 5 nitrogen and oxygen atoms in total. The number of nitroso groups, excluding NO2 is 1. The Balaban J connectivity index is 2.20. The van der Waals surface area contributed by atoms with Gasteiger partial charge in [-0.25, -0.2) is 4.98 Å². The monoisotopic (exact) mass is 211 g/mol. The van der Waals surface area contributed by atoms with Gasteiger partial charge in [0.05, 0.1) is 6.20 Å². The molecular formula is C8H9N3O2S. The summed E-state index contributed by atoms with van der Waals surface area (Å²) in [7, 11) is 0. The van der Waals surface area contributed by atoms with Crippen molar-refractivity contribution in [3.8, 4) is 0 Å². The second-order valence-electron chi connectivity index (χ2n) is 3.07. The Labute approximate surface area is 84.7 Å². The van der Waals surface area contributed by atoms with E-state index >= 15 is 0 Å². The SMILES string of the molecule is O=Nc1cnc(N2CCCCC2=O)s1. The molecule has 0 saturated carbocycles. The molecule has 1 aromatic rings. The summed E-state index contributed by atoms with van der Waals surface area (Å²) in [5.41, 5.74) is 0. The maximum absolute atomic E-state index is 11.5. The quantitative estimate of drug-likeness (QED) is 0.703. The van der Waals surface area contributed by atoms with Crippen molar-refractivity contribution in [2.24, 2.45) is 5.18 Å². The van der Waals surface area contributed by atoms with E-state index in [1.54, 1.807) is 4.90 Å². The highest BCUT2D eigenvalue weighted by Gasteiger charge is 2.22. The normalized spacial score (nSPS) is 17.1. The van der Waals surface area contributed by atoms with Crippen molar-refractivity contribution in [2.45, 2.75) is 19.3 Å². The molecule has 0 unspecified atom stereocenters. The lowest BCUT2D eigenvalue weighted by Gasteiger charge is -2.23. The van der Waals surface area contributed by atoms with Crippen molar-refractivity contribution < 1.29 is 4.79 Å². The van der Waals surface area contributed by atoms with Gasteiger partial charge in [0.1, 0.15) is 0 Å². The van der Waals surface area contributed by atoms with Crippen LogP contribution in [-0.4, -0.2) is 17.4 Å². The summed E-state index contributed by atoms with van der Waals surface area (Å²) >= 11 is 1.16. The van der Waals surface area contributed by atoms with Gasteiger partial charge in [-0.1, -0.05) is 11.3 Å². The van der Waals surface area contributed by atoms with Gasteiger partial charge in [-0.15, -0.1) is 4.91 Å². The number of amides is 1. The summed E-state index contributed by atoms with van der Waals surface area (Å²) < 4.78 is 0. The van der Waals surface area contributed by atoms with Crippen LogP contribution in [0.25, 0.3) is 0 Å². The number of aromatic nitrogens is 1. The van der Waals surface area contributed by atoms with Gasteiger partial charge in [0, 0.05) is 13.0 Å². The summed E-state index contributed by atoms with van der Waals surface area (Å²) in [6.45, 7) is 0.699. The molecule has 0 spiro atoms. The topological polar surface area (TPSA) is 62.6 Å². The zero-order valence-corrected chi connectivity index (χ0v) is 8.29. The average molecular weight is 211 g/mol. The van der Waals surface area contributed by atoms with Crippen LogP contribution in [0.1, 0.15) is 19.3 Å². The van der Waals surface area contributed by atoms with Gasteiger partial charge >= 0.3 is 0 Å². The molecule has 0 N–H and O–H groups in total. The lowest BCUT2D eigenvalue weighted by molar-refractivity contribution is -0.119. The predicted molar refractivity (Wildman–Crippen MR) is 53.8 cm³/mol. The number of carbonyl (C=O) groups is 1. The van der Waals surface area contributed by atoms with Gasteiger partial charge in [0.25, 0.3) is 0 Å². The van der Waals surface area contributed by atoms with Crippen LogP contribution in [0.5, 0.6) is 0 Å². The Morgan fingerprint density at radius 3 is 3.00 bits per heavy atom. The van der Waals surface area contributed by atoms with Crippen LogP contribution in [-0.2, 0) is 4.79 Å². The van der Waals surface area contributed by atoms with E-state index in [9.17, 15) is 9.70 Å². The number of piperidine rings is 1. The van der Waals surface area contributed by atoms with E-state index in [0.29, 0.717) is 23.1 Å². The largest absolute Gasteiger partial charge is 0.288 e. The summed E-state index contributed by atoms with van der Waals surface area (Å²) in [4.78, 5) is 27.3. The molecule has 0 atom stereocenters. The molecule has 0 aliphatic carbocycles. The predicted octanol–water partition coefficient (Wildman–Crippen LogP) is 2.06. The summed E-state index contributed by atoms with van der Waals surface area (Å²) in [6, 6.07) is 0. The Morgan fingerprint density at radius 2 is 2.36 bits per heavy atom. The highest BCUT2D eigenvalue weighted by Crippen LogP contribution is 2.30. The molecule has 2 rings (SSSR count). The van der Waals surface area contributed by atoms with Crippen molar-refractivity contribution in [3.05, 3.63) is 11.1 Å². The maximum atomic E-state index is 11.5. The second kappa shape index (κ2) is 3.83. The second-order valence-corrected chi connectivity index (χ2v) is 4.06. The first-order valence-corrected chi connectivity index (χ1v) is 5.22. The van der Waals surface area contributed by atoms with Gasteiger partial charge in [-0.3, -0.25) is 9.69 Å². The standard InChI is InChI=1S/C8H9N3O2S/c12-7-3-1-2-4-11(7)8-9-5-6(10-13)14-8/h5H,1-4H2. The van der Waals surface area contributed by atoms with E-state index in [-0.39, 0.29) is 5.91 Å². The van der Waals surface area contributed by atoms with Crippen LogP contribution in [0.4, 0.5) is 10.1 Å². The molecule has 14 heavy (non-hydrogen) atoms. The van der Waals surface area contributed by atoms with Crippen LogP contribution >= 0.6 is 11.3 Å². The molecule has 1 aliphatic rings. The van der Waals surface area contributed by atoms with E-state index in [1.165, 1.54) is 6.20 Å². The van der Waals surface area contributed by atoms with E-state index < -0.39 is 0 Å². The molecule has 1 fully saturated rings. The molecule has 0 bridgehead atoms. The number of rotatable bonds is 2. The molecule has 2 heterocycles. The first-order valence-electron chi connectivity index (χ1n) is 4.41. The van der Waals surface area contributed by atoms with Gasteiger partial charge in [0.15, 0.2) is 10.1 Å². The first kappa shape index (κ1) is 9.26. The smallest absolute Gasteiger partial charge is 0.228 e. The highest BCUT2D eigenvalue weighted by molar-refractivity contribution is 7.19. The third-order valence-corrected chi connectivity index (χ3v) is 3.02. The molecule has 0 aromatic carbocycles. The van der Waals surface area contributed by atoms with Crippen LogP contribution in [0.2, 0.25) is 0 Å². The zero-order chi connectivity index (χ0) is 9.97. The molecule has 1 aromatic heterocycles. The maximum Gasteiger partial charge on any atom is 0.228 e. The van der Waals surface area contributed by atoms with E-state index in [0.717, 1.165) is 24.2 Å². The Bertz CT molecular complexity index is 363. The van der Waals surface area contributed by atoms with E-state index in [1.807, 2.05) is 0 Å². The molecule has 1 amide bonds. The molecular weight excluding hydrogens is 202 g/mol. The molecule has 74 valence electrons. The lowest BCUT2D eigenvalue weighted by Crippen LogP contribution is -2.34. The number of anilines is 1. The Hall–Kier alpha value is -1.30. The first-order chi connectivity index (χ1) is 6.81. The van der Waals surface area contributed by atoms with Crippen molar-refractivity contribution >= 4 is 27.4 Å². The highest BCUT2D eigenvalue weighted by atomic mass is 32.1. The number of nitrogens with zero attached hydrogens (tertiary/aromatic N) is 3. The molecule has 0 radical (unpaired) electrons. The Kier molecular flexibility index (Phi) is 2.53. The molecule has 6 heteroatoms. The van der Waals surface area contributed by atoms with Crippen molar-refractivity contribution in [3.63, 3.8) is 0 Å². The minimum atomic E-state index is 0.0862. The number of hydrogen-bond donors (Lipinski definition) is 0. The van der Waals surface area contributed by atoms with Crippen molar-refractivity contribution in [1.82, 2.24) is 4.98 Å². The van der Waals surface area contributed by atoms with Crippen LogP contribution in [0, 0.1) is 4.91 Å². The van der Waals surface area contributed by atoms with Crippen molar-refractivity contribution in [2.75, 3.05) is 11.4 Å². The molecule has 1 aliphatic heterocycles. The minimum Gasteiger partial charge on any atom is -0.288 e. The van der Waals surface area contributed by atoms with Crippen LogP contribution < -0.4 is 4.90 Å². The summed E-state index contributed by atoms with van der Waals surface area (Å²) in [5.74, 6) is 0.0862. The van der Waals surface area contributed by atoms with Gasteiger partial charge in [0.2, 0.25) is 5.91 Å². The number of hydrogen-bond acceptors (Lipinski definition) is 5. The third-order valence-electron chi connectivity index (χ3n) is 2.13. The van der Waals surface area contributed by atoms with Gasteiger partial charge < -0.3 is 0 Å². The number of thiazole rings is 1. The van der Waals surface area contributed by atoms with E-state index in [4.69, 9.17) is 0 Å². The molecule has 1 saturated heterocycles. The minimum absolute atomic E-state index is 0.0862.